The lowest BCUT2D eigenvalue weighted by molar-refractivity contribution is 0.244. The maximum atomic E-state index is 12.3. The van der Waals surface area contributed by atoms with Gasteiger partial charge in [-0.25, -0.2) is 4.79 Å². The van der Waals surface area contributed by atoms with Crippen LogP contribution in [0.2, 0.25) is 0 Å². The number of hydrogen-bond acceptors (Lipinski definition) is 4. The molecule has 0 radical (unpaired) electrons. The molecule has 4 aromatic rings. The molecule has 0 saturated carbocycles. The van der Waals surface area contributed by atoms with Crippen LogP contribution in [0.15, 0.2) is 40.1 Å². The summed E-state index contributed by atoms with van der Waals surface area (Å²) in [6, 6.07) is 8.62. The van der Waals surface area contributed by atoms with E-state index in [1.165, 1.54) is 15.7 Å². The van der Waals surface area contributed by atoms with Gasteiger partial charge in [0.05, 0.1) is 0 Å². The molecule has 1 aliphatic heterocycles. The summed E-state index contributed by atoms with van der Waals surface area (Å²) in [6.07, 6.45) is 2.98. The fraction of sp³-hybridized carbons (Fsp3) is 0.350. The lowest BCUT2D eigenvalue weighted by Crippen LogP contribution is -2.33. The largest absolute Gasteiger partial charge is 0.329 e. The predicted molar refractivity (Wildman–Crippen MR) is 107 cm³/mol. The van der Waals surface area contributed by atoms with E-state index in [1.807, 2.05) is 13.1 Å². The molecule has 28 heavy (non-hydrogen) atoms. The van der Waals surface area contributed by atoms with Crippen LogP contribution in [-0.2, 0) is 26.6 Å². The fourth-order valence-corrected chi connectivity index (χ4v) is 4.18. The molecule has 3 aromatic heterocycles. The molecule has 144 valence electrons. The molecule has 5 rings (SSSR count). The quantitative estimate of drug-likeness (QED) is 0.578. The average Bonchev–Trinajstić information content (AvgIpc) is 3.19. The summed E-state index contributed by atoms with van der Waals surface area (Å²) in [4.78, 5) is 33.6. The molecular weight excluding hydrogens is 356 g/mol. The SMILES string of the molecule is Cc1cn2c3c(=O)[nH]c(=O)n(C)c3nc2n1CCN1CCc2ccccc2C1. The number of hydrogen-bond donors (Lipinski definition) is 1. The Balaban J connectivity index is 1.48. The Morgan fingerprint density at radius 1 is 1.14 bits per heavy atom. The Kier molecular flexibility index (Phi) is 3.77. The Hall–Kier alpha value is -3.13. The minimum Gasteiger partial charge on any atom is -0.313 e. The van der Waals surface area contributed by atoms with Gasteiger partial charge in [-0.1, -0.05) is 24.3 Å². The summed E-state index contributed by atoms with van der Waals surface area (Å²) in [5, 5.41) is 0. The van der Waals surface area contributed by atoms with Gasteiger partial charge in [-0.05, 0) is 24.5 Å². The van der Waals surface area contributed by atoms with Gasteiger partial charge in [0.2, 0.25) is 5.78 Å². The molecule has 0 atom stereocenters. The number of aromatic amines is 1. The number of benzene rings is 1. The van der Waals surface area contributed by atoms with E-state index in [0.717, 1.165) is 38.3 Å². The van der Waals surface area contributed by atoms with E-state index in [2.05, 4.69) is 43.7 Å². The third-order valence-corrected chi connectivity index (χ3v) is 5.76. The van der Waals surface area contributed by atoms with Crippen molar-refractivity contribution in [1.29, 1.82) is 0 Å². The van der Waals surface area contributed by atoms with Crippen LogP contribution in [0.1, 0.15) is 16.8 Å². The van der Waals surface area contributed by atoms with Crippen LogP contribution in [0.25, 0.3) is 16.9 Å². The molecule has 0 amide bonds. The summed E-state index contributed by atoms with van der Waals surface area (Å²) >= 11 is 0. The number of aryl methyl sites for hydroxylation is 2. The number of aromatic nitrogens is 5. The molecule has 0 aliphatic carbocycles. The molecule has 1 aromatic carbocycles. The number of rotatable bonds is 3. The van der Waals surface area contributed by atoms with E-state index >= 15 is 0 Å². The second-order valence-electron chi connectivity index (χ2n) is 7.49. The van der Waals surface area contributed by atoms with E-state index in [1.54, 1.807) is 11.4 Å². The van der Waals surface area contributed by atoms with Crippen molar-refractivity contribution in [2.75, 3.05) is 13.1 Å². The Morgan fingerprint density at radius 3 is 2.75 bits per heavy atom. The van der Waals surface area contributed by atoms with Gasteiger partial charge in [-0.2, -0.15) is 4.98 Å². The second kappa shape index (κ2) is 6.20. The molecule has 0 unspecified atom stereocenters. The first-order valence-corrected chi connectivity index (χ1v) is 9.49. The van der Waals surface area contributed by atoms with Crippen molar-refractivity contribution in [3.8, 4) is 0 Å². The topological polar surface area (TPSA) is 80.3 Å². The molecule has 0 saturated heterocycles. The highest BCUT2D eigenvalue weighted by atomic mass is 16.2. The van der Waals surface area contributed by atoms with Gasteiger partial charge in [0.1, 0.15) is 0 Å². The van der Waals surface area contributed by atoms with Gasteiger partial charge in [0, 0.05) is 45.1 Å². The Bertz CT molecular complexity index is 1320. The van der Waals surface area contributed by atoms with Crippen molar-refractivity contribution in [3.63, 3.8) is 0 Å². The van der Waals surface area contributed by atoms with Crippen molar-refractivity contribution >= 4 is 16.9 Å². The molecule has 8 heteroatoms. The number of fused-ring (bicyclic) bond motifs is 4. The van der Waals surface area contributed by atoms with E-state index in [-0.39, 0.29) is 0 Å². The molecule has 0 fully saturated rings. The zero-order valence-electron chi connectivity index (χ0n) is 16.0. The van der Waals surface area contributed by atoms with Gasteiger partial charge in [0.15, 0.2) is 11.2 Å². The third-order valence-electron chi connectivity index (χ3n) is 5.76. The number of H-pyrrole nitrogens is 1. The molecule has 1 aliphatic rings. The zero-order chi connectivity index (χ0) is 19.4. The average molecular weight is 378 g/mol. The predicted octanol–water partition coefficient (Wildman–Crippen LogP) is 1.04. The molecule has 0 spiro atoms. The summed E-state index contributed by atoms with van der Waals surface area (Å²) in [5.41, 5.74) is 3.84. The summed E-state index contributed by atoms with van der Waals surface area (Å²) in [5.74, 6) is 0.691. The van der Waals surface area contributed by atoms with E-state index < -0.39 is 11.2 Å². The van der Waals surface area contributed by atoms with Crippen molar-refractivity contribution in [1.82, 2.24) is 28.4 Å². The van der Waals surface area contributed by atoms with Gasteiger partial charge < -0.3 is 4.57 Å². The van der Waals surface area contributed by atoms with Crippen LogP contribution in [0.5, 0.6) is 0 Å². The number of nitrogens with zero attached hydrogens (tertiary/aromatic N) is 5. The summed E-state index contributed by atoms with van der Waals surface area (Å²) < 4.78 is 5.28. The fourth-order valence-electron chi connectivity index (χ4n) is 4.18. The van der Waals surface area contributed by atoms with Gasteiger partial charge in [-0.3, -0.25) is 23.6 Å². The minimum absolute atomic E-state index is 0.407. The summed E-state index contributed by atoms with van der Waals surface area (Å²) in [6.45, 7) is 5.69. The molecule has 0 bridgehead atoms. The lowest BCUT2D eigenvalue weighted by atomic mass is 10.00. The van der Waals surface area contributed by atoms with Gasteiger partial charge >= 0.3 is 5.69 Å². The van der Waals surface area contributed by atoms with Crippen LogP contribution in [0.4, 0.5) is 0 Å². The lowest BCUT2D eigenvalue weighted by Gasteiger charge is -2.28. The zero-order valence-corrected chi connectivity index (χ0v) is 16.0. The summed E-state index contributed by atoms with van der Waals surface area (Å²) in [7, 11) is 1.62. The van der Waals surface area contributed by atoms with Crippen molar-refractivity contribution in [2.24, 2.45) is 7.05 Å². The normalized spacial score (nSPS) is 14.8. The highest BCUT2D eigenvalue weighted by Gasteiger charge is 2.19. The number of imidazole rings is 2. The smallest absolute Gasteiger partial charge is 0.313 e. The Morgan fingerprint density at radius 2 is 1.93 bits per heavy atom. The first-order valence-electron chi connectivity index (χ1n) is 9.49. The van der Waals surface area contributed by atoms with E-state index in [0.29, 0.717) is 16.9 Å². The van der Waals surface area contributed by atoms with Crippen LogP contribution in [-0.4, -0.2) is 41.5 Å². The first-order chi connectivity index (χ1) is 13.5. The maximum Gasteiger partial charge on any atom is 0.329 e. The molecule has 4 heterocycles. The van der Waals surface area contributed by atoms with Gasteiger partial charge in [-0.15, -0.1) is 0 Å². The van der Waals surface area contributed by atoms with Crippen molar-refractivity contribution in [2.45, 2.75) is 26.4 Å². The molecule has 1 N–H and O–H groups in total. The van der Waals surface area contributed by atoms with Crippen LogP contribution >= 0.6 is 0 Å². The second-order valence-corrected chi connectivity index (χ2v) is 7.49. The number of nitrogens with one attached hydrogen (secondary N) is 1. The van der Waals surface area contributed by atoms with E-state index in [4.69, 9.17) is 0 Å². The first kappa shape index (κ1) is 17.0. The standard InChI is InChI=1S/C20H22N6O2/c1-13-11-26-16-17(23(2)20(28)22-18(16)27)21-19(26)25(13)10-9-24-8-7-14-5-3-4-6-15(14)12-24/h3-6,11H,7-10,12H2,1-2H3,(H,22,27,28). The van der Waals surface area contributed by atoms with E-state index in [9.17, 15) is 9.59 Å². The highest BCUT2D eigenvalue weighted by Crippen LogP contribution is 2.20. The molecular formula is C20H22N6O2. The monoisotopic (exact) mass is 378 g/mol. The maximum absolute atomic E-state index is 12.3. The van der Waals surface area contributed by atoms with Gasteiger partial charge in [0.25, 0.3) is 5.56 Å². The van der Waals surface area contributed by atoms with Crippen LogP contribution < -0.4 is 11.2 Å². The Labute approximate surface area is 160 Å². The molecule has 8 nitrogen and oxygen atoms in total. The van der Waals surface area contributed by atoms with Crippen LogP contribution in [0.3, 0.4) is 0 Å². The minimum atomic E-state index is -0.450. The third kappa shape index (κ3) is 2.52. The van der Waals surface area contributed by atoms with Crippen molar-refractivity contribution in [3.05, 3.63) is 68.1 Å². The van der Waals surface area contributed by atoms with Crippen molar-refractivity contribution < 1.29 is 0 Å². The highest BCUT2D eigenvalue weighted by molar-refractivity contribution is 5.75. The van der Waals surface area contributed by atoms with Crippen LogP contribution in [0, 0.1) is 6.92 Å².